The number of carboxylic acids is 1. The first kappa shape index (κ1) is 14.7. The van der Waals surface area contributed by atoms with Gasteiger partial charge in [-0.2, -0.15) is 0 Å². The molecule has 1 atom stereocenters. The van der Waals surface area contributed by atoms with Crippen LogP contribution in [0.15, 0.2) is 12.2 Å². The first-order valence-corrected chi connectivity index (χ1v) is 5.65. The smallest absolute Gasteiger partial charge is 0.330 e. The molecule has 0 saturated heterocycles. The molecule has 0 aromatic rings. The molecule has 0 fully saturated rings. The highest BCUT2D eigenvalue weighted by Gasteiger charge is 2.07. The van der Waals surface area contributed by atoms with E-state index in [1.54, 1.807) is 0 Å². The summed E-state index contributed by atoms with van der Waals surface area (Å²) in [5.74, 6) is -1.66. The molecule has 0 aromatic carbocycles. The molecule has 92 valence electrons. The summed E-state index contributed by atoms with van der Waals surface area (Å²) in [6.07, 6.45) is 5.78. The SMILES string of the molecule is CCCCC(CC)COC(=O)/C=C\C(=O)[O-]. The summed E-state index contributed by atoms with van der Waals surface area (Å²) in [5, 5.41) is 10.0. The molecule has 0 aliphatic heterocycles. The Morgan fingerprint density at radius 2 is 2.00 bits per heavy atom. The van der Waals surface area contributed by atoms with Crippen molar-refractivity contribution in [3.8, 4) is 0 Å². The Morgan fingerprint density at radius 3 is 2.50 bits per heavy atom. The Labute approximate surface area is 96.3 Å². The van der Waals surface area contributed by atoms with E-state index in [9.17, 15) is 14.7 Å². The van der Waals surface area contributed by atoms with Gasteiger partial charge in [0.15, 0.2) is 0 Å². The molecule has 16 heavy (non-hydrogen) atoms. The fourth-order valence-corrected chi connectivity index (χ4v) is 1.28. The lowest BCUT2D eigenvalue weighted by molar-refractivity contribution is -0.297. The van der Waals surface area contributed by atoms with E-state index in [2.05, 4.69) is 6.92 Å². The van der Waals surface area contributed by atoms with Crippen molar-refractivity contribution in [2.45, 2.75) is 39.5 Å². The van der Waals surface area contributed by atoms with Crippen LogP contribution >= 0.6 is 0 Å². The maximum absolute atomic E-state index is 11.0. The second kappa shape index (κ2) is 8.95. The highest BCUT2D eigenvalue weighted by molar-refractivity contribution is 5.89. The van der Waals surface area contributed by atoms with Crippen molar-refractivity contribution in [3.63, 3.8) is 0 Å². The molecule has 4 nitrogen and oxygen atoms in total. The molecule has 0 N–H and O–H groups in total. The molecular weight excluding hydrogens is 208 g/mol. The zero-order chi connectivity index (χ0) is 12.4. The molecule has 0 amide bonds. The third-order valence-electron chi connectivity index (χ3n) is 2.36. The fourth-order valence-electron chi connectivity index (χ4n) is 1.28. The van der Waals surface area contributed by atoms with E-state index in [1.807, 2.05) is 6.92 Å². The standard InChI is InChI=1S/C12H20O4/c1-3-5-6-10(4-2)9-16-12(15)8-7-11(13)14/h7-8,10H,3-6,9H2,1-2H3,(H,13,14)/p-1/b8-7-. The van der Waals surface area contributed by atoms with Gasteiger partial charge in [0.05, 0.1) is 12.6 Å². The van der Waals surface area contributed by atoms with Crippen LogP contribution in [-0.4, -0.2) is 18.5 Å². The van der Waals surface area contributed by atoms with Gasteiger partial charge in [0.2, 0.25) is 0 Å². The number of carbonyl (C=O) groups is 2. The average molecular weight is 227 g/mol. The molecule has 0 rings (SSSR count). The molecule has 4 heteroatoms. The molecular formula is C12H19O4-. The monoisotopic (exact) mass is 227 g/mol. The van der Waals surface area contributed by atoms with Crippen molar-refractivity contribution in [2.24, 2.45) is 5.92 Å². The minimum Gasteiger partial charge on any atom is -0.545 e. The summed E-state index contributed by atoms with van der Waals surface area (Å²) in [4.78, 5) is 21.1. The predicted molar refractivity (Wildman–Crippen MR) is 58.4 cm³/mol. The average Bonchev–Trinajstić information content (AvgIpc) is 2.26. The Morgan fingerprint density at radius 1 is 1.31 bits per heavy atom. The maximum atomic E-state index is 11.0. The number of hydrogen-bond donors (Lipinski definition) is 0. The number of carboxylic acid groups (broad SMARTS) is 1. The van der Waals surface area contributed by atoms with Gasteiger partial charge in [0.1, 0.15) is 0 Å². The van der Waals surface area contributed by atoms with Gasteiger partial charge in [0.25, 0.3) is 0 Å². The molecule has 0 spiro atoms. The third kappa shape index (κ3) is 8.03. The van der Waals surface area contributed by atoms with Crippen molar-refractivity contribution in [1.82, 2.24) is 0 Å². The second-order valence-corrected chi connectivity index (χ2v) is 3.70. The van der Waals surface area contributed by atoms with Crippen molar-refractivity contribution in [3.05, 3.63) is 12.2 Å². The summed E-state index contributed by atoms with van der Waals surface area (Å²) >= 11 is 0. The van der Waals surface area contributed by atoms with Crippen LogP contribution in [0.3, 0.4) is 0 Å². The topological polar surface area (TPSA) is 66.4 Å². The molecule has 0 aliphatic rings. The van der Waals surface area contributed by atoms with Crippen LogP contribution in [0.1, 0.15) is 39.5 Å². The zero-order valence-electron chi connectivity index (χ0n) is 9.90. The first-order chi connectivity index (χ1) is 7.60. The van der Waals surface area contributed by atoms with E-state index in [1.165, 1.54) is 0 Å². The van der Waals surface area contributed by atoms with Gasteiger partial charge in [-0.15, -0.1) is 0 Å². The van der Waals surface area contributed by atoms with Crippen molar-refractivity contribution >= 4 is 11.9 Å². The van der Waals surface area contributed by atoms with E-state index in [0.29, 0.717) is 18.6 Å². The molecule has 0 aromatic heterocycles. The molecule has 0 bridgehead atoms. The minimum atomic E-state index is -1.39. The number of unbranched alkanes of at least 4 members (excludes halogenated alkanes) is 1. The molecule has 0 radical (unpaired) electrons. The summed E-state index contributed by atoms with van der Waals surface area (Å²) in [6, 6.07) is 0. The van der Waals surface area contributed by atoms with Crippen LogP contribution in [0.4, 0.5) is 0 Å². The van der Waals surface area contributed by atoms with Crippen LogP contribution in [-0.2, 0) is 14.3 Å². The van der Waals surface area contributed by atoms with Gasteiger partial charge in [-0.05, 0) is 18.4 Å². The van der Waals surface area contributed by atoms with Crippen LogP contribution in [0, 0.1) is 5.92 Å². The molecule has 0 saturated carbocycles. The summed E-state index contributed by atoms with van der Waals surface area (Å²) < 4.78 is 4.93. The van der Waals surface area contributed by atoms with Crippen LogP contribution in [0.25, 0.3) is 0 Å². The van der Waals surface area contributed by atoms with Crippen LogP contribution < -0.4 is 5.11 Å². The Bertz CT molecular complexity index is 245. The number of carbonyl (C=O) groups excluding carboxylic acids is 2. The van der Waals surface area contributed by atoms with Crippen molar-refractivity contribution < 1.29 is 19.4 Å². The fraction of sp³-hybridized carbons (Fsp3) is 0.667. The number of esters is 1. The lowest BCUT2D eigenvalue weighted by Gasteiger charge is -2.13. The summed E-state index contributed by atoms with van der Waals surface area (Å²) in [6.45, 7) is 4.51. The normalized spacial score (nSPS) is 12.6. The maximum Gasteiger partial charge on any atom is 0.330 e. The van der Waals surface area contributed by atoms with Crippen LogP contribution in [0.2, 0.25) is 0 Å². The molecule has 0 heterocycles. The number of aliphatic carboxylic acids is 1. The van der Waals surface area contributed by atoms with Gasteiger partial charge >= 0.3 is 5.97 Å². The quantitative estimate of drug-likeness (QED) is 0.459. The number of ether oxygens (including phenoxy) is 1. The third-order valence-corrected chi connectivity index (χ3v) is 2.36. The van der Waals surface area contributed by atoms with Gasteiger partial charge < -0.3 is 14.6 Å². The highest BCUT2D eigenvalue weighted by Crippen LogP contribution is 2.12. The Balaban J connectivity index is 3.83. The van der Waals surface area contributed by atoms with E-state index in [0.717, 1.165) is 31.8 Å². The summed E-state index contributed by atoms with van der Waals surface area (Å²) in [5.41, 5.74) is 0. The van der Waals surface area contributed by atoms with E-state index in [4.69, 9.17) is 4.74 Å². The zero-order valence-corrected chi connectivity index (χ0v) is 9.90. The number of rotatable bonds is 8. The van der Waals surface area contributed by atoms with Crippen LogP contribution in [0.5, 0.6) is 0 Å². The predicted octanol–water partition coefficient (Wildman–Crippen LogP) is 1.05. The van der Waals surface area contributed by atoms with Gasteiger partial charge in [-0.1, -0.05) is 33.1 Å². The Kier molecular flexibility index (Phi) is 8.21. The summed E-state index contributed by atoms with van der Waals surface area (Å²) in [7, 11) is 0. The van der Waals surface area contributed by atoms with Crippen molar-refractivity contribution in [1.29, 1.82) is 0 Å². The van der Waals surface area contributed by atoms with Gasteiger partial charge in [-0.3, -0.25) is 0 Å². The van der Waals surface area contributed by atoms with E-state index < -0.39 is 11.9 Å². The van der Waals surface area contributed by atoms with Gasteiger partial charge in [-0.25, -0.2) is 4.79 Å². The minimum absolute atomic E-state index is 0.354. The molecule has 0 aliphatic carbocycles. The second-order valence-electron chi connectivity index (χ2n) is 3.70. The molecule has 1 unspecified atom stereocenters. The first-order valence-electron chi connectivity index (χ1n) is 5.65. The van der Waals surface area contributed by atoms with Crippen molar-refractivity contribution in [2.75, 3.05) is 6.61 Å². The highest BCUT2D eigenvalue weighted by atomic mass is 16.5. The van der Waals surface area contributed by atoms with E-state index >= 15 is 0 Å². The lowest BCUT2D eigenvalue weighted by Crippen LogP contribution is -2.19. The Hall–Kier alpha value is -1.32. The largest absolute Gasteiger partial charge is 0.545 e. The van der Waals surface area contributed by atoms with Gasteiger partial charge in [0, 0.05) is 6.08 Å². The number of hydrogen-bond acceptors (Lipinski definition) is 4. The lowest BCUT2D eigenvalue weighted by atomic mass is 10.0. The van der Waals surface area contributed by atoms with E-state index in [-0.39, 0.29) is 0 Å².